The molecule has 0 aliphatic heterocycles. The van der Waals surface area contributed by atoms with Crippen molar-refractivity contribution in [1.82, 2.24) is 9.78 Å². The monoisotopic (exact) mass is 211 g/mol. The Morgan fingerprint density at radius 1 is 1.60 bits per heavy atom. The number of carboxylic acid groups (broad SMARTS) is 1. The lowest BCUT2D eigenvalue weighted by molar-refractivity contribution is -0.114. The lowest BCUT2D eigenvalue weighted by Gasteiger charge is -2.00. The molecule has 1 amide bonds. The molecule has 1 rings (SSSR count). The highest BCUT2D eigenvalue weighted by Gasteiger charge is 2.13. The van der Waals surface area contributed by atoms with Gasteiger partial charge in [-0.05, 0) is 6.42 Å². The Balaban J connectivity index is 2.97. The number of carboxylic acids is 1. The molecule has 0 bridgehead atoms. The molecular formula is C9H13N3O3. The Kier molecular flexibility index (Phi) is 3.43. The molecule has 0 unspecified atom stereocenters. The van der Waals surface area contributed by atoms with Gasteiger partial charge in [-0.15, -0.1) is 0 Å². The molecule has 0 aromatic carbocycles. The van der Waals surface area contributed by atoms with E-state index in [4.69, 9.17) is 5.11 Å². The summed E-state index contributed by atoms with van der Waals surface area (Å²) >= 11 is 0. The standard InChI is InChI=1S/C9H13N3O3/c1-3-4-12-7(9(14)15)5-8(11-12)10-6(2)13/h5H,3-4H2,1-2H3,(H,14,15)(H,10,11,13). The molecule has 1 aromatic heterocycles. The quantitative estimate of drug-likeness (QED) is 0.776. The zero-order valence-corrected chi connectivity index (χ0v) is 8.65. The summed E-state index contributed by atoms with van der Waals surface area (Å²) in [6, 6.07) is 1.35. The van der Waals surface area contributed by atoms with Gasteiger partial charge in [-0.2, -0.15) is 5.10 Å². The normalized spacial score (nSPS) is 10.0. The van der Waals surface area contributed by atoms with Crippen LogP contribution in [0.2, 0.25) is 0 Å². The summed E-state index contributed by atoms with van der Waals surface area (Å²) in [6.45, 7) is 3.78. The summed E-state index contributed by atoms with van der Waals surface area (Å²) < 4.78 is 1.37. The number of aryl methyl sites for hydroxylation is 1. The van der Waals surface area contributed by atoms with Crippen molar-refractivity contribution in [2.45, 2.75) is 26.8 Å². The third-order valence-electron chi connectivity index (χ3n) is 1.74. The zero-order valence-electron chi connectivity index (χ0n) is 8.65. The third-order valence-corrected chi connectivity index (χ3v) is 1.74. The highest BCUT2D eigenvalue weighted by atomic mass is 16.4. The van der Waals surface area contributed by atoms with Crippen molar-refractivity contribution in [1.29, 1.82) is 0 Å². The fraction of sp³-hybridized carbons (Fsp3) is 0.444. The van der Waals surface area contributed by atoms with E-state index in [1.807, 2.05) is 6.92 Å². The van der Waals surface area contributed by atoms with Crippen molar-refractivity contribution in [3.8, 4) is 0 Å². The second kappa shape index (κ2) is 4.59. The molecule has 0 atom stereocenters. The molecule has 0 aliphatic rings. The van der Waals surface area contributed by atoms with E-state index in [1.165, 1.54) is 17.7 Å². The number of rotatable bonds is 4. The smallest absolute Gasteiger partial charge is 0.354 e. The first-order valence-electron chi connectivity index (χ1n) is 4.63. The van der Waals surface area contributed by atoms with Crippen LogP contribution >= 0.6 is 0 Å². The molecule has 82 valence electrons. The highest BCUT2D eigenvalue weighted by Crippen LogP contribution is 2.10. The lowest BCUT2D eigenvalue weighted by Crippen LogP contribution is -2.10. The van der Waals surface area contributed by atoms with Crippen molar-refractivity contribution in [3.05, 3.63) is 11.8 Å². The SMILES string of the molecule is CCCn1nc(NC(C)=O)cc1C(=O)O. The van der Waals surface area contributed by atoms with Gasteiger partial charge in [-0.1, -0.05) is 6.92 Å². The van der Waals surface area contributed by atoms with E-state index in [9.17, 15) is 9.59 Å². The number of anilines is 1. The minimum absolute atomic E-state index is 0.0839. The number of nitrogens with one attached hydrogen (secondary N) is 1. The summed E-state index contributed by atoms with van der Waals surface area (Å²) in [5, 5.41) is 15.3. The maximum absolute atomic E-state index is 10.8. The Morgan fingerprint density at radius 2 is 2.27 bits per heavy atom. The Labute approximate surface area is 86.9 Å². The molecule has 1 heterocycles. The predicted octanol–water partition coefficient (Wildman–Crippen LogP) is 0.950. The number of nitrogens with zero attached hydrogens (tertiary/aromatic N) is 2. The van der Waals surface area contributed by atoms with Gasteiger partial charge >= 0.3 is 5.97 Å². The largest absolute Gasteiger partial charge is 0.477 e. The van der Waals surface area contributed by atoms with Crippen LogP contribution in [0.15, 0.2) is 6.07 Å². The summed E-state index contributed by atoms with van der Waals surface area (Å²) in [5.41, 5.74) is 0.0839. The number of carbonyl (C=O) groups excluding carboxylic acids is 1. The number of aromatic carboxylic acids is 1. The number of aromatic nitrogens is 2. The molecule has 0 saturated heterocycles. The van der Waals surface area contributed by atoms with Crippen molar-refractivity contribution < 1.29 is 14.7 Å². The van der Waals surface area contributed by atoms with E-state index in [-0.39, 0.29) is 17.4 Å². The topological polar surface area (TPSA) is 84.2 Å². The summed E-state index contributed by atoms with van der Waals surface area (Å²) in [4.78, 5) is 21.6. The van der Waals surface area contributed by atoms with Crippen molar-refractivity contribution in [2.75, 3.05) is 5.32 Å². The second-order valence-electron chi connectivity index (χ2n) is 3.12. The van der Waals surface area contributed by atoms with E-state index in [0.717, 1.165) is 6.42 Å². The average Bonchev–Trinajstić information content (AvgIpc) is 2.47. The average molecular weight is 211 g/mol. The fourth-order valence-corrected chi connectivity index (χ4v) is 1.21. The summed E-state index contributed by atoms with van der Waals surface area (Å²) in [7, 11) is 0. The van der Waals surface area contributed by atoms with Gasteiger partial charge in [-0.3, -0.25) is 9.48 Å². The zero-order chi connectivity index (χ0) is 11.4. The molecule has 0 aliphatic carbocycles. The lowest BCUT2D eigenvalue weighted by atomic mass is 10.4. The van der Waals surface area contributed by atoms with Crippen LogP contribution in [-0.4, -0.2) is 26.8 Å². The number of amides is 1. The van der Waals surface area contributed by atoms with Gasteiger partial charge in [0.25, 0.3) is 0 Å². The molecule has 0 radical (unpaired) electrons. The van der Waals surface area contributed by atoms with Gasteiger partial charge in [0.05, 0.1) is 0 Å². The first kappa shape index (κ1) is 11.2. The van der Waals surface area contributed by atoms with Crippen molar-refractivity contribution in [3.63, 3.8) is 0 Å². The Bertz CT molecular complexity index is 384. The molecule has 6 heteroatoms. The van der Waals surface area contributed by atoms with Gasteiger partial charge in [0.15, 0.2) is 5.82 Å². The molecule has 0 fully saturated rings. The van der Waals surface area contributed by atoms with Crippen LogP contribution < -0.4 is 5.32 Å². The van der Waals surface area contributed by atoms with Gasteiger partial charge in [0, 0.05) is 19.5 Å². The van der Waals surface area contributed by atoms with Gasteiger partial charge in [0.1, 0.15) is 5.69 Å². The van der Waals surface area contributed by atoms with Crippen LogP contribution in [0, 0.1) is 0 Å². The second-order valence-corrected chi connectivity index (χ2v) is 3.12. The van der Waals surface area contributed by atoms with E-state index in [2.05, 4.69) is 10.4 Å². The number of hydrogen-bond donors (Lipinski definition) is 2. The maximum Gasteiger partial charge on any atom is 0.354 e. The van der Waals surface area contributed by atoms with E-state index >= 15 is 0 Å². The van der Waals surface area contributed by atoms with Crippen LogP contribution in [0.3, 0.4) is 0 Å². The predicted molar refractivity (Wildman–Crippen MR) is 53.8 cm³/mol. The van der Waals surface area contributed by atoms with E-state index in [0.29, 0.717) is 6.54 Å². The highest BCUT2D eigenvalue weighted by molar-refractivity contribution is 5.91. The summed E-state index contributed by atoms with van der Waals surface area (Å²) in [6.07, 6.45) is 0.779. The number of hydrogen-bond acceptors (Lipinski definition) is 3. The first-order valence-corrected chi connectivity index (χ1v) is 4.63. The van der Waals surface area contributed by atoms with Crippen LogP contribution in [0.25, 0.3) is 0 Å². The third kappa shape index (κ3) is 2.80. The molecule has 0 spiro atoms. The molecule has 1 aromatic rings. The van der Waals surface area contributed by atoms with Crippen molar-refractivity contribution >= 4 is 17.7 Å². The van der Waals surface area contributed by atoms with Crippen LogP contribution in [0.4, 0.5) is 5.82 Å². The number of carbonyl (C=O) groups is 2. The molecule has 6 nitrogen and oxygen atoms in total. The maximum atomic E-state index is 10.8. The molecule has 2 N–H and O–H groups in total. The van der Waals surface area contributed by atoms with Gasteiger partial charge < -0.3 is 10.4 Å². The van der Waals surface area contributed by atoms with Crippen molar-refractivity contribution in [2.24, 2.45) is 0 Å². The van der Waals surface area contributed by atoms with Crippen LogP contribution in [0.5, 0.6) is 0 Å². The van der Waals surface area contributed by atoms with Gasteiger partial charge in [0.2, 0.25) is 5.91 Å². The van der Waals surface area contributed by atoms with E-state index in [1.54, 1.807) is 0 Å². The Morgan fingerprint density at radius 3 is 2.73 bits per heavy atom. The minimum Gasteiger partial charge on any atom is -0.477 e. The summed E-state index contributed by atoms with van der Waals surface area (Å²) in [5.74, 6) is -1.05. The molecule has 15 heavy (non-hydrogen) atoms. The fourth-order valence-electron chi connectivity index (χ4n) is 1.21. The van der Waals surface area contributed by atoms with Crippen LogP contribution in [-0.2, 0) is 11.3 Å². The first-order chi connectivity index (χ1) is 7.04. The Hall–Kier alpha value is -1.85. The van der Waals surface area contributed by atoms with Crippen LogP contribution in [0.1, 0.15) is 30.8 Å². The minimum atomic E-state index is -1.05. The van der Waals surface area contributed by atoms with E-state index < -0.39 is 5.97 Å². The van der Waals surface area contributed by atoms with Gasteiger partial charge in [-0.25, -0.2) is 4.79 Å². The molecule has 0 saturated carbocycles. The molecular weight excluding hydrogens is 198 g/mol.